The standard InChI is InChI=1S/C17H37N3O2/c1-2-3-4-5-6-7-8-9-10-11-18-12-13-19-14-15-20-16-17(21)22/h18-20H,2-16H2,1H3,(H,21,22). The van der Waals surface area contributed by atoms with Crippen LogP contribution >= 0.6 is 0 Å². The second kappa shape index (κ2) is 18.4. The SMILES string of the molecule is CCCCCCCCCCCNCCNCCNCC(=O)O. The number of rotatable bonds is 18. The van der Waals surface area contributed by atoms with E-state index in [1.807, 2.05) is 0 Å². The number of carbonyl (C=O) groups is 1. The highest BCUT2D eigenvalue weighted by atomic mass is 16.4. The average Bonchev–Trinajstić information content (AvgIpc) is 2.50. The summed E-state index contributed by atoms with van der Waals surface area (Å²) >= 11 is 0. The largest absolute Gasteiger partial charge is 0.480 e. The zero-order valence-corrected chi connectivity index (χ0v) is 14.5. The lowest BCUT2D eigenvalue weighted by atomic mass is 10.1. The molecule has 0 spiro atoms. The molecule has 0 aromatic carbocycles. The summed E-state index contributed by atoms with van der Waals surface area (Å²) in [7, 11) is 0. The molecule has 0 saturated carbocycles. The second-order valence-electron chi connectivity index (χ2n) is 5.90. The highest BCUT2D eigenvalue weighted by Crippen LogP contribution is 2.08. The van der Waals surface area contributed by atoms with E-state index in [4.69, 9.17) is 5.11 Å². The molecule has 0 aliphatic carbocycles. The molecule has 5 heteroatoms. The molecule has 0 rings (SSSR count). The molecule has 22 heavy (non-hydrogen) atoms. The van der Waals surface area contributed by atoms with Crippen molar-refractivity contribution in [2.45, 2.75) is 64.7 Å². The zero-order chi connectivity index (χ0) is 16.3. The maximum absolute atomic E-state index is 10.3. The van der Waals surface area contributed by atoms with Gasteiger partial charge in [0, 0.05) is 26.2 Å². The van der Waals surface area contributed by atoms with E-state index in [9.17, 15) is 4.79 Å². The van der Waals surface area contributed by atoms with Gasteiger partial charge in [0.15, 0.2) is 0 Å². The number of carboxylic acid groups (broad SMARTS) is 1. The molecule has 5 nitrogen and oxygen atoms in total. The Morgan fingerprint density at radius 2 is 1.14 bits per heavy atom. The van der Waals surface area contributed by atoms with Crippen molar-refractivity contribution in [1.29, 1.82) is 0 Å². The van der Waals surface area contributed by atoms with Gasteiger partial charge in [-0.15, -0.1) is 0 Å². The summed E-state index contributed by atoms with van der Waals surface area (Å²) in [6.07, 6.45) is 12.4. The molecule has 0 unspecified atom stereocenters. The van der Waals surface area contributed by atoms with Gasteiger partial charge in [0.2, 0.25) is 0 Å². The molecule has 0 aliphatic heterocycles. The molecule has 0 heterocycles. The minimum atomic E-state index is -0.803. The van der Waals surface area contributed by atoms with E-state index in [0.717, 1.165) is 26.2 Å². The number of hydrogen-bond donors (Lipinski definition) is 4. The summed E-state index contributed by atoms with van der Waals surface area (Å²) in [5.41, 5.74) is 0. The van der Waals surface area contributed by atoms with Crippen LogP contribution < -0.4 is 16.0 Å². The van der Waals surface area contributed by atoms with Crippen molar-refractivity contribution < 1.29 is 9.90 Å². The fraction of sp³-hybridized carbons (Fsp3) is 0.941. The monoisotopic (exact) mass is 315 g/mol. The van der Waals surface area contributed by atoms with Gasteiger partial charge in [-0.2, -0.15) is 0 Å². The molecule has 0 saturated heterocycles. The number of hydrogen-bond acceptors (Lipinski definition) is 4. The normalized spacial score (nSPS) is 11.0. The predicted octanol–water partition coefficient (Wildman–Crippen LogP) is 2.37. The Kier molecular flexibility index (Phi) is 17.9. The summed E-state index contributed by atoms with van der Waals surface area (Å²) in [4.78, 5) is 10.3. The van der Waals surface area contributed by atoms with Gasteiger partial charge in [-0.3, -0.25) is 4.79 Å². The van der Waals surface area contributed by atoms with Crippen molar-refractivity contribution in [3.05, 3.63) is 0 Å². The third-order valence-corrected chi connectivity index (χ3v) is 3.69. The highest BCUT2D eigenvalue weighted by molar-refractivity contribution is 5.68. The minimum Gasteiger partial charge on any atom is -0.480 e. The van der Waals surface area contributed by atoms with Crippen LogP contribution in [0.15, 0.2) is 0 Å². The molecule has 0 fully saturated rings. The van der Waals surface area contributed by atoms with E-state index in [2.05, 4.69) is 22.9 Å². The number of nitrogens with one attached hydrogen (secondary N) is 3. The predicted molar refractivity (Wildman–Crippen MR) is 93.5 cm³/mol. The van der Waals surface area contributed by atoms with Crippen LogP contribution in [0.1, 0.15) is 64.7 Å². The average molecular weight is 316 g/mol. The molecule has 4 N–H and O–H groups in total. The van der Waals surface area contributed by atoms with Crippen molar-refractivity contribution in [3.63, 3.8) is 0 Å². The van der Waals surface area contributed by atoms with Gasteiger partial charge in [-0.1, -0.05) is 58.3 Å². The molecule has 0 atom stereocenters. The Bertz CT molecular complexity index is 238. The topological polar surface area (TPSA) is 73.4 Å². The lowest BCUT2D eigenvalue weighted by molar-refractivity contribution is -0.135. The first-order chi connectivity index (χ1) is 10.8. The van der Waals surface area contributed by atoms with Gasteiger partial charge >= 0.3 is 5.97 Å². The molecular weight excluding hydrogens is 278 g/mol. The van der Waals surface area contributed by atoms with Crippen LogP contribution in [0.5, 0.6) is 0 Å². The molecular formula is C17H37N3O2. The molecule has 0 amide bonds. The zero-order valence-electron chi connectivity index (χ0n) is 14.5. The van der Waals surface area contributed by atoms with Crippen LogP contribution in [0, 0.1) is 0 Å². The van der Waals surface area contributed by atoms with Crippen molar-refractivity contribution in [1.82, 2.24) is 16.0 Å². The van der Waals surface area contributed by atoms with Crippen LogP contribution in [-0.4, -0.2) is 50.3 Å². The third-order valence-electron chi connectivity index (χ3n) is 3.69. The summed E-state index contributed by atoms with van der Waals surface area (Å²) < 4.78 is 0. The second-order valence-corrected chi connectivity index (χ2v) is 5.90. The molecule has 0 aromatic heterocycles. The van der Waals surface area contributed by atoms with Crippen molar-refractivity contribution in [2.75, 3.05) is 39.3 Å². The summed E-state index contributed by atoms with van der Waals surface area (Å²) in [5, 5.41) is 18.0. The number of carboxylic acids is 1. The fourth-order valence-corrected chi connectivity index (χ4v) is 2.36. The van der Waals surface area contributed by atoms with E-state index >= 15 is 0 Å². The van der Waals surface area contributed by atoms with Crippen molar-refractivity contribution >= 4 is 5.97 Å². The molecule has 0 aromatic rings. The van der Waals surface area contributed by atoms with E-state index in [-0.39, 0.29) is 6.54 Å². The van der Waals surface area contributed by atoms with Gasteiger partial charge in [0.05, 0.1) is 6.54 Å². The van der Waals surface area contributed by atoms with Crippen LogP contribution in [0.25, 0.3) is 0 Å². The summed E-state index contributed by atoms with van der Waals surface area (Å²) in [6.45, 7) is 6.84. The van der Waals surface area contributed by atoms with Crippen LogP contribution in [-0.2, 0) is 4.79 Å². The first-order valence-electron chi connectivity index (χ1n) is 9.11. The Labute approximate surface area is 136 Å². The number of aliphatic carboxylic acids is 1. The van der Waals surface area contributed by atoms with E-state index in [1.165, 1.54) is 57.8 Å². The molecule has 0 bridgehead atoms. The fourth-order valence-electron chi connectivity index (χ4n) is 2.36. The summed E-state index contributed by atoms with van der Waals surface area (Å²) in [6, 6.07) is 0. The van der Waals surface area contributed by atoms with Gasteiger partial charge in [-0.05, 0) is 13.0 Å². The van der Waals surface area contributed by atoms with Gasteiger partial charge < -0.3 is 21.1 Å². The van der Waals surface area contributed by atoms with E-state index in [1.54, 1.807) is 0 Å². The van der Waals surface area contributed by atoms with E-state index in [0.29, 0.717) is 6.54 Å². The van der Waals surface area contributed by atoms with Gasteiger partial charge in [0.25, 0.3) is 0 Å². The lowest BCUT2D eigenvalue weighted by Crippen LogP contribution is -2.34. The lowest BCUT2D eigenvalue weighted by Gasteiger charge is -2.07. The molecule has 0 radical (unpaired) electrons. The first-order valence-corrected chi connectivity index (χ1v) is 9.11. The Morgan fingerprint density at radius 3 is 1.68 bits per heavy atom. The number of unbranched alkanes of at least 4 members (excludes halogenated alkanes) is 8. The Balaban J connectivity index is 2.95. The van der Waals surface area contributed by atoms with Crippen molar-refractivity contribution in [3.8, 4) is 0 Å². The van der Waals surface area contributed by atoms with Crippen molar-refractivity contribution in [2.24, 2.45) is 0 Å². The van der Waals surface area contributed by atoms with Crippen LogP contribution in [0.2, 0.25) is 0 Å². The maximum atomic E-state index is 10.3. The summed E-state index contributed by atoms with van der Waals surface area (Å²) in [5.74, 6) is -0.803. The van der Waals surface area contributed by atoms with Gasteiger partial charge in [-0.25, -0.2) is 0 Å². The maximum Gasteiger partial charge on any atom is 0.317 e. The van der Waals surface area contributed by atoms with Crippen LogP contribution in [0.4, 0.5) is 0 Å². The Hall–Kier alpha value is -0.650. The first kappa shape index (κ1) is 21.4. The Morgan fingerprint density at radius 1 is 0.682 bits per heavy atom. The molecule has 0 aliphatic rings. The van der Waals surface area contributed by atoms with Crippen LogP contribution in [0.3, 0.4) is 0 Å². The minimum absolute atomic E-state index is 0.0402. The van der Waals surface area contributed by atoms with E-state index < -0.39 is 5.97 Å². The molecule has 132 valence electrons. The highest BCUT2D eigenvalue weighted by Gasteiger charge is 1.94. The quantitative estimate of drug-likeness (QED) is 0.292. The smallest absolute Gasteiger partial charge is 0.317 e. The van der Waals surface area contributed by atoms with Gasteiger partial charge in [0.1, 0.15) is 0 Å². The third kappa shape index (κ3) is 19.4.